The van der Waals surface area contributed by atoms with E-state index in [1.165, 1.54) is 12.1 Å². The number of aromatic nitrogens is 2. The minimum atomic E-state index is -1.02. The molecule has 0 radical (unpaired) electrons. The lowest BCUT2D eigenvalue weighted by Crippen LogP contribution is -2.20. The van der Waals surface area contributed by atoms with E-state index in [4.69, 9.17) is 21.4 Å². The van der Waals surface area contributed by atoms with Crippen LogP contribution in [0.2, 0.25) is 0 Å². The summed E-state index contributed by atoms with van der Waals surface area (Å²) in [4.78, 5) is 29.7. The largest absolute Gasteiger partial charge is 0.508 e. The van der Waals surface area contributed by atoms with Crippen LogP contribution in [0.25, 0.3) is 22.5 Å². The second kappa shape index (κ2) is 9.05. The second-order valence-corrected chi connectivity index (χ2v) is 6.48. The number of carboxylic acid groups (broad SMARTS) is 1. The fourth-order valence-corrected chi connectivity index (χ4v) is 2.95. The van der Waals surface area contributed by atoms with Crippen LogP contribution in [0.15, 0.2) is 41.2 Å². The SMILES string of the molecule is CCOc1cc(-c2cc(O)cc(NCC(=O)O)c2)ccc1-c1nc(NN)c(N)c(=O)[nH]1. The van der Waals surface area contributed by atoms with E-state index >= 15 is 0 Å². The zero-order chi connectivity index (χ0) is 22.5. The number of hydrogen-bond donors (Lipinski definition) is 7. The van der Waals surface area contributed by atoms with Crippen LogP contribution < -0.4 is 32.6 Å². The van der Waals surface area contributed by atoms with E-state index in [0.717, 1.165) is 0 Å². The minimum absolute atomic E-state index is 0.0318. The minimum Gasteiger partial charge on any atom is -0.508 e. The number of rotatable bonds is 8. The molecule has 1 aromatic heterocycles. The van der Waals surface area contributed by atoms with Crippen molar-refractivity contribution in [1.82, 2.24) is 9.97 Å². The summed E-state index contributed by atoms with van der Waals surface area (Å²) in [5, 5.41) is 21.6. The molecule has 0 unspecified atom stereocenters. The van der Waals surface area contributed by atoms with Gasteiger partial charge in [-0.2, -0.15) is 0 Å². The number of phenols is 1. The van der Waals surface area contributed by atoms with Gasteiger partial charge in [0, 0.05) is 11.8 Å². The molecule has 0 bridgehead atoms. The van der Waals surface area contributed by atoms with Gasteiger partial charge in [-0.15, -0.1) is 0 Å². The number of nitrogens with two attached hydrogens (primary N) is 2. The number of ether oxygens (including phenoxy) is 1. The van der Waals surface area contributed by atoms with Gasteiger partial charge in [0.25, 0.3) is 5.56 Å². The first kappa shape index (κ1) is 21.5. The lowest BCUT2D eigenvalue weighted by molar-refractivity contribution is -0.134. The molecule has 0 fully saturated rings. The fraction of sp³-hybridized carbons (Fsp3) is 0.150. The van der Waals surface area contributed by atoms with Crippen molar-refractivity contribution in [2.75, 3.05) is 29.6 Å². The molecule has 0 saturated carbocycles. The first-order chi connectivity index (χ1) is 14.8. The summed E-state index contributed by atoms with van der Waals surface area (Å²) in [6.45, 7) is 1.87. The van der Waals surface area contributed by atoms with Gasteiger partial charge in [-0.25, -0.2) is 10.8 Å². The molecule has 2 aromatic carbocycles. The van der Waals surface area contributed by atoms with Crippen LogP contribution in [0, 0.1) is 0 Å². The molecule has 11 nitrogen and oxygen atoms in total. The van der Waals surface area contributed by atoms with Crippen LogP contribution in [0.1, 0.15) is 6.92 Å². The van der Waals surface area contributed by atoms with Crippen LogP contribution >= 0.6 is 0 Å². The molecule has 3 aromatic rings. The second-order valence-electron chi connectivity index (χ2n) is 6.48. The number of aliphatic carboxylic acids is 1. The van der Waals surface area contributed by atoms with Crippen molar-refractivity contribution < 1.29 is 19.7 Å². The molecular weight excluding hydrogens is 404 g/mol. The normalized spacial score (nSPS) is 10.5. The van der Waals surface area contributed by atoms with Gasteiger partial charge in [-0.1, -0.05) is 6.07 Å². The molecule has 0 atom stereocenters. The number of anilines is 3. The van der Waals surface area contributed by atoms with Gasteiger partial charge >= 0.3 is 5.97 Å². The van der Waals surface area contributed by atoms with Gasteiger partial charge in [0.1, 0.15) is 29.6 Å². The molecular formula is C20H22N6O5. The van der Waals surface area contributed by atoms with E-state index in [1.54, 1.807) is 24.3 Å². The number of nitrogen functional groups attached to an aromatic ring is 2. The Morgan fingerprint density at radius 3 is 2.68 bits per heavy atom. The number of carboxylic acids is 1. The molecule has 3 rings (SSSR count). The van der Waals surface area contributed by atoms with Gasteiger partial charge in [0.2, 0.25) is 0 Å². The molecule has 0 saturated heterocycles. The van der Waals surface area contributed by atoms with Gasteiger partial charge in [-0.05, 0) is 42.3 Å². The lowest BCUT2D eigenvalue weighted by atomic mass is 10.0. The highest BCUT2D eigenvalue weighted by atomic mass is 16.5. The standard InChI is InChI=1S/C20H22N6O5/c1-2-31-15-7-10(11-5-12(8-13(27)6-11)23-9-16(28)29)3-4-14(15)18-24-19(26-22)17(21)20(30)25-18/h3-8,23,27H,2,9,21-22H2,1H3,(H,28,29)(H2,24,25,26,30). The number of nitrogens with one attached hydrogen (secondary N) is 3. The average Bonchev–Trinajstić information content (AvgIpc) is 2.74. The summed E-state index contributed by atoms with van der Waals surface area (Å²) in [5.74, 6) is 5.01. The number of aromatic amines is 1. The zero-order valence-electron chi connectivity index (χ0n) is 16.6. The number of phenolic OH excluding ortho intramolecular Hbond substituents is 1. The molecule has 31 heavy (non-hydrogen) atoms. The Balaban J connectivity index is 2.07. The van der Waals surface area contributed by atoms with Crippen molar-refractivity contribution >= 4 is 23.2 Å². The molecule has 0 spiro atoms. The molecule has 0 aliphatic rings. The third-order valence-corrected chi connectivity index (χ3v) is 4.32. The molecule has 162 valence electrons. The number of nitrogens with zero attached hydrogens (tertiary/aromatic N) is 1. The number of carbonyl (C=O) groups is 1. The maximum Gasteiger partial charge on any atom is 0.322 e. The maximum absolute atomic E-state index is 12.1. The van der Waals surface area contributed by atoms with E-state index in [0.29, 0.717) is 34.7 Å². The zero-order valence-corrected chi connectivity index (χ0v) is 16.6. The van der Waals surface area contributed by atoms with E-state index in [9.17, 15) is 14.7 Å². The highest BCUT2D eigenvalue weighted by Gasteiger charge is 2.15. The molecule has 1 heterocycles. The Kier molecular flexibility index (Phi) is 6.26. The first-order valence-electron chi connectivity index (χ1n) is 9.26. The predicted molar refractivity (Wildman–Crippen MR) is 117 cm³/mol. The highest BCUT2D eigenvalue weighted by Crippen LogP contribution is 2.35. The Bertz CT molecular complexity index is 1180. The van der Waals surface area contributed by atoms with Crippen molar-refractivity contribution in [2.24, 2.45) is 5.84 Å². The Hall–Kier alpha value is -4.25. The van der Waals surface area contributed by atoms with E-state index < -0.39 is 11.5 Å². The van der Waals surface area contributed by atoms with Crippen LogP contribution in [-0.4, -0.2) is 39.3 Å². The van der Waals surface area contributed by atoms with Crippen molar-refractivity contribution in [3.05, 3.63) is 46.8 Å². The van der Waals surface area contributed by atoms with E-state index in [-0.39, 0.29) is 29.6 Å². The summed E-state index contributed by atoms with van der Waals surface area (Å²) in [7, 11) is 0. The summed E-state index contributed by atoms with van der Waals surface area (Å²) >= 11 is 0. The number of aromatic hydroxyl groups is 1. The summed E-state index contributed by atoms with van der Waals surface area (Å²) in [5.41, 5.74) is 9.54. The summed E-state index contributed by atoms with van der Waals surface area (Å²) in [6, 6.07) is 9.84. The fourth-order valence-electron chi connectivity index (χ4n) is 2.95. The molecule has 0 amide bonds. The van der Waals surface area contributed by atoms with Gasteiger partial charge < -0.3 is 36.4 Å². The third-order valence-electron chi connectivity index (χ3n) is 4.32. The number of hydrazine groups is 1. The van der Waals surface area contributed by atoms with Crippen LogP contribution in [0.4, 0.5) is 17.2 Å². The van der Waals surface area contributed by atoms with Crippen LogP contribution in [0.5, 0.6) is 11.5 Å². The topological polar surface area (TPSA) is 189 Å². The molecule has 9 N–H and O–H groups in total. The predicted octanol–water partition coefficient (Wildman–Crippen LogP) is 1.57. The molecule has 0 aliphatic carbocycles. The van der Waals surface area contributed by atoms with Crippen molar-refractivity contribution in [1.29, 1.82) is 0 Å². The van der Waals surface area contributed by atoms with Crippen LogP contribution in [0.3, 0.4) is 0 Å². The maximum atomic E-state index is 12.1. The lowest BCUT2D eigenvalue weighted by Gasteiger charge is -2.14. The average molecular weight is 426 g/mol. The summed E-state index contributed by atoms with van der Waals surface area (Å²) < 4.78 is 5.74. The number of hydrogen-bond acceptors (Lipinski definition) is 9. The summed E-state index contributed by atoms with van der Waals surface area (Å²) in [6.07, 6.45) is 0. The number of H-pyrrole nitrogens is 1. The highest BCUT2D eigenvalue weighted by molar-refractivity contribution is 5.78. The van der Waals surface area contributed by atoms with Gasteiger partial charge in [0.15, 0.2) is 5.82 Å². The van der Waals surface area contributed by atoms with Gasteiger partial charge in [0.05, 0.1) is 12.2 Å². The van der Waals surface area contributed by atoms with E-state index in [2.05, 4.69) is 20.7 Å². The quantitative estimate of drug-likeness (QED) is 0.206. The number of benzene rings is 2. The first-order valence-corrected chi connectivity index (χ1v) is 9.26. The van der Waals surface area contributed by atoms with Crippen LogP contribution in [-0.2, 0) is 4.79 Å². The van der Waals surface area contributed by atoms with Crippen molar-refractivity contribution in [3.63, 3.8) is 0 Å². The molecule has 0 aliphatic heterocycles. The Morgan fingerprint density at radius 2 is 2.00 bits per heavy atom. The van der Waals surface area contributed by atoms with E-state index in [1.807, 2.05) is 6.92 Å². The van der Waals surface area contributed by atoms with Crippen molar-refractivity contribution in [2.45, 2.75) is 6.92 Å². The molecule has 11 heteroatoms. The van der Waals surface area contributed by atoms with Crippen molar-refractivity contribution in [3.8, 4) is 34.0 Å². The Morgan fingerprint density at radius 1 is 1.23 bits per heavy atom. The third kappa shape index (κ3) is 4.85. The Labute approximate surface area is 176 Å². The smallest absolute Gasteiger partial charge is 0.322 e. The van der Waals surface area contributed by atoms with Gasteiger partial charge in [-0.3, -0.25) is 9.59 Å². The monoisotopic (exact) mass is 426 g/mol.